The Balaban J connectivity index is 0.843. The number of hydrogen-bond donors (Lipinski definition) is 0. The van der Waals surface area contributed by atoms with Gasteiger partial charge in [-0.2, -0.15) is 0 Å². The van der Waals surface area contributed by atoms with Crippen LogP contribution >= 0.6 is 0 Å². The molecule has 0 aromatic heterocycles. The van der Waals surface area contributed by atoms with Gasteiger partial charge in [-0.25, -0.2) is 9.80 Å². The topological polar surface area (TPSA) is 127 Å². The molecule has 0 spiro atoms. The van der Waals surface area contributed by atoms with Crippen LogP contribution < -0.4 is 19.3 Å². The number of carbonyl (C=O) groups is 6. The van der Waals surface area contributed by atoms with Crippen LogP contribution in [0.15, 0.2) is 182 Å². The first-order valence-electron chi connectivity index (χ1n) is 19.5. The zero-order valence-corrected chi connectivity index (χ0v) is 32.6. The lowest BCUT2D eigenvalue weighted by atomic mass is 10.1. The van der Waals surface area contributed by atoms with E-state index in [1.807, 2.05) is 12.1 Å². The van der Waals surface area contributed by atoms with Crippen LogP contribution in [0.5, 0.6) is 23.0 Å². The van der Waals surface area contributed by atoms with E-state index >= 15 is 0 Å². The van der Waals surface area contributed by atoms with Crippen LogP contribution in [-0.4, -0.2) is 35.2 Å². The molecule has 0 atom stereocenters. The molecule has 2 aliphatic rings. The lowest BCUT2D eigenvalue weighted by Crippen LogP contribution is -2.29. The summed E-state index contributed by atoms with van der Waals surface area (Å²) < 4.78 is 12.2. The van der Waals surface area contributed by atoms with Crippen LogP contribution in [0.4, 0.5) is 11.4 Å². The van der Waals surface area contributed by atoms with Gasteiger partial charge in [0.25, 0.3) is 23.6 Å². The molecule has 7 aromatic rings. The Morgan fingerprint density at radius 3 is 1.15 bits per heavy atom. The average molecular weight is 813 g/mol. The summed E-state index contributed by atoms with van der Waals surface area (Å²) in [6, 6.07) is 47.4. The van der Waals surface area contributed by atoms with Crippen LogP contribution in [0.25, 0.3) is 12.2 Å². The second kappa shape index (κ2) is 16.5. The largest absolute Gasteiger partial charge is 0.457 e. The molecule has 0 aliphatic carbocycles. The molecule has 9 rings (SSSR count). The number of ketones is 2. The van der Waals surface area contributed by atoms with Crippen molar-refractivity contribution < 1.29 is 38.2 Å². The van der Waals surface area contributed by atoms with E-state index in [9.17, 15) is 28.8 Å². The standard InChI is InChI=1S/C52H32N2O8/c55-47(35-8-3-1-4-9-35)28-18-33-14-20-37(21-15-33)53-49(57)43-26-24-41(31-45(43)51(53)59)61-39-12-7-13-40(30-39)62-42-25-27-44-46(32-42)52(60)54(50(44)58)38-22-16-34(17-23-38)19-29-48(56)36-10-5-2-6-11-36/h1-32H. The number of carbonyl (C=O) groups excluding carboxylic acids is 6. The Kier molecular flexibility index (Phi) is 10.3. The summed E-state index contributed by atoms with van der Waals surface area (Å²) in [6.07, 6.45) is 6.30. The van der Waals surface area contributed by atoms with E-state index in [1.165, 1.54) is 24.3 Å². The lowest BCUT2D eigenvalue weighted by molar-refractivity contribution is 0.0910. The average Bonchev–Trinajstić information content (AvgIpc) is 3.70. The second-order valence-corrected chi connectivity index (χ2v) is 14.3. The van der Waals surface area contributed by atoms with Crippen molar-refractivity contribution in [3.05, 3.63) is 227 Å². The molecule has 4 amide bonds. The molecule has 0 radical (unpaired) electrons. The molecule has 0 fully saturated rings. The van der Waals surface area contributed by atoms with Crippen molar-refractivity contribution in [2.75, 3.05) is 9.80 Å². The maximum absolute atomic E-state index is 13.6. The number of rotatable bonds is 12. The first kappa shape index (κ1) is 38.7. The summed E-state index contributed by atoms with van der Waals surface area (Å²) in [5.41, 5.74) is 4.22. The van der Waals surface area contributed by atoms with E-state index in [4.69, 9.17) is 9.47 Å². The van der Waals surface area contributed by atoms with Crippen LogP contribution in [0.1, 0.15) is 73.3 Å². The molecule has 0 N–H and O–H groups in total. The first-order valence-corrected chi connectivity index (χ1v) is 19.5. The quantitative estimate of drug-likeness (QED) is 0.0678. The highest BCUT2D eigenvalue weighted by Gasteiger charge is 2.38. The molecular formula is C52H32N2O8. The van der Waals surface area contributed by atoms with Gasteiger partial charge in [0.1, 0.15) is 23.0 Å². The number of amides is 4. The number of nitrogens with zero attached hydrogens (tertiary/aromatic N) is 2. The summed E-state index contributed by atoms with van der Waals surface area (Å²) >= 11 is 0. The van der Waals surface area contributed by atoms with Gasteiger partial charge in [0, 0.05) is 17.2 Å². The zero-order valence-electron chi connectivity index (χ0n) is 32.6. The van der Waals surface area contributed by atoms with Gasteiger partial charge in [-0.15, -0.1) is 0 Å². The Morgan fingerprint density at radius 1 is 0.371 bits per heavy atom. The number of hydrogen-bond acceptors (Lipinski definition) is 8. The Bertz CT molecular complexity index is 2810. The number of imide groups is 2. The van der Waals surface area contributed by atoms with Gasteiger partial charge in [0.15, 0.2) is 11.6 Å². The highest BCUT2D eigenvalue weighted by Crippen LogP contribution is 2.36. The third kappa shape index (κ3) is 7.74. The molecule has 10 heteroatoms. The van der Waals surface area contributed by atoms with Crippen molar-refractivity contribution in [2.24, 2.45) is 0 Å². The molecule has 2 aliphatic heterocycles. The Hall–Kier alpha value is -8.76. The smallest absolute Gasteiger partial charge is 0.266 e. The van der Waals surface area contributed by atoms with Crippen LogP contribution in [-0.2, 0) is 0 Å². The number of fused-ring (bicyclic) bond motifs is 2. The van der Waals surface area contributed by atoms with E-state index in [1.54, 1.807) is 158 Å². The van der Waals surface area contributed by atoms with Crippen molar-refractivity contribution in [1.29, 1.82) is 0 Å². The van der Waals surface area contributed by atoms with Gasteiger partial charge in [-0.05, 0) is 96.1 Å². The van der Waals surface area contributed by atoms with Crippen molar-refractivity contribution >= 4 is 58.7 Å². The summed E-state index contributed by atoms with van der Waals surface area (Å²) in [7, 11) is 0. The molecule has 7 aromatic carbocycles. The summed E-state index contributed by atoms with van der Waals surface area (Å²) in [4.78, 5) is 81.0. The SMILES string of the molecule is O=C(C=Cc1ccc(N2C(=O)c3ccc(Oc4cccc(Oc5ccc6c(c5)C(=O)N(c5ccc(C=CC(=O)c7ccccc7)cc5)C6=O)c4)cc3C2=O)cc1)c1ccccc1. The Morgan fingerprint density at radius 2 is 0.742 bits per heavy atom. The summed E-state index contributed by atoms with van der Waals surface area (Å²) in [6.45, 7) is 0. The van der Waals surface area contributed by atoms with Gasteiger partial charge >= 0.3 is 0 Å². The molecule has 0 bridgehead atoms. The van der Waals surface area contributed by atoms with Gasteiger partial charge < -0.3 is 9.47 Å². The molecule has 0 saturated heterocycles. The van der Waals surface area contributed by atoms with Gasteiger partial charge in [-0.1, -0.05) is 103 Å². The minimum absolute atomic E-state index is 0.139. The van der Waals surface area contributed by atoms with E-state index in [0.29, 0.717) is 45.5 Å². The monoisotopic (exact) mass is 812 g/mol. The second-order valence-electron chi connectivity index (χ2n) is 14.3. The van der Waals surface area contributed by atoms with E-state index < -0.39 is 23.6 Å². The molecule has 0 saturated carbocycles. The number of allylic oxidation sites excluding steroid dienone is 2. The first-order chi connectivity index (χ1) is 30.2. The summed E-state index contributed by atoms with van der Waals surface area (Å²) in [5, 5.41) is 0. The fraction of sp³-hybridized carbons (Fsp3) is 0. The van der Waals surface area contributed by atoms with Crippen molar-refractivity contribution in [1.82, 2.24) is 0 Å². The fourth-order valence-electron chi connectivity index (χ4n) is 7.12. The number of ether oxygens (including phenoxy) is 2. The molecule has 298 valence electrons. The lowest BCUT2D eigenvalue weighted by Gasteiger charge is -2.14. The third-order valence-electron chi connectivity index (χ3n) is 10.3. The number of benzene rings is 7. The molecule has 0 unspecified atom stereocenters. The minimum Gasteiger partial charge on any atom is -0.457 e. The molecule has 2 heterocycles. The maximum atomic E-state index is 13.6. The molecule has 10 nitrogen and oxygen atoms in total. The van der Waals surface area contributed by atoms with Gasteiger partial charge in [0.2, 0.25) is 0 Å². The van der Waals surface area contributed by atoms with Crippen LogP contribution in [0.3, 0.4) is 0 Å². The van der Waals surface area contributed by atoms with Crippen LogP contribution in [0.2, 0.25) is 0 Å². The highest BCUT2D eigenvalue weighted by atomic mass is 16.5. The highest BCUT2D eigenvalue weighted by molar-refractivity contribution is 6.35. The molecule has 62 heavy (non-hydrogen) atoms. The fourth-order valence-corrected chi connectivity index (χ4v) is 7.12. The van der Waals surface area contributed by atoms with E-state index in [-0.39, 0.29) is 33.8 Å². The minimum atomic E-state index is -0.500. The number of anilines is 2. The van der Waals surface area contributed by atoms with Crippen LogP contribution in [0, 0.1) is 0 Å². The normalized spacial score (nSPS) is 13.2. The maximum Gasteiger partial charge on any atom is 0.266 e. The summed E-state index contributed by atoms with van der Waals surface area (Å²) in [5.74, 6) is -0.811. The van der Waals surface area contributed by atoms with Gasteiger partial charge in [0.05, 0.1) is 33.6 Å². The molecular weight excluding hydrogens is 781 g/mol. The van der Waals surface area contributed by atoms with Crippen molar-refractivity contribution in [3.8, 4) is 23.0 Å². The zero-order chi connectivity index (χ0) is 42.7. The van der Waals surface area contributed by atoms with Crippen molar-refractivity contribution in [2.45, 2.75) is 0 Å². The predicted molar refractivity (Wildman–Crippen MR) is 234 cm³/mol. The third-order valence-corrected chi connectivity index (χ3v) is 10.3. The van der Waals surface area contributed by atoms with Crippen molar-refractivity contribution in [3.63, 3.8) is 0 Å². The van der Waals surface area contributed by atoms with E-state index in [2.05, 4.69) is 0 Å². The van der Waals surface area contributed by atoms with Gasteiger partial charge in [-0.3, -0.25) is 28.8 Å². The Labute approximate surface area is 355 Å². The van der Waals surface area contributed by atoms with E-state index in [0.717, 1.165) is 20.9 Å². The predicted octanol–water partition coefficient (Wildman–Crippen LogP) is 10.7.